The Morgan fingerprint density at radius 3 is 2.67 bits per heavy atom. The molecule has 0 fully saturated rings. The van der Waals surface area contributed by atoms with Gasteiger partial charge in [-0.05, 0) is 53.1 Å². The van der Waals surface area contributed by atoms with E-state index in [1.807, 2.05) is 22.6 Å². The maximum absolute atomic E-state index is 10.6. The van der Waals surface area contributed by atoms with E-state index in [2.05, 4.69) is 0 Å². The normalized spacial score (nSPS) is 12.5. The zero-order chi connectivity index (χ0) is 11.6. The van der Waals surface area contributed by atoms with Gasteiger partial charge in [-0.2, -0.15) is 0 Å². The van der Waals surface area contributed by atoms with Gasteiger partial charge in [0.05, 0.1) is 3.57 Å². The predicted octanol–water partition coefficient (Wildman–Crippen LogP) is 1.26. The number of aliphatic carboxylic acids is 1. The van der Waals surface area contributed by atoms with Crippen molar-refractivity contribution in [1.82, 2.24) is 0 Å². The third-order valence-electron chi connectivity index (χ3n) is 2.09. The number of rotatable bonds is 3. The number of halogens is 1. The second-order valence-corrected chi connectivity index (χ2v) is 4.55. The Bertz CT molecular complexity index is 369. The molecule has 0 aromatic heterocycles. The molecule has 0 radical (unpaired) electrons. The summed E-state index contributed by atoms with van der Waals surface area (Å²) in [5.74, 6) is -0.779. The first-order chi connectivity index (χ1) is 6.91. The summed E-state index contributed by atoms with van der Waals surface area (Å²) in [6, 6.07) is 2.59. The number of benzene rings is 1. The molecule has 0 amide bonds. The van der Waals surface area contributed by atoms with Gasteiger partial charge in [-0.25, -0.2) is 0 Å². The number of phenols is 1. The van der Waals surface area contributed by atoms with Gasteiger partial charge >= 0.3 is 5.97 Å². The smallest absolute Gasteiger partial charge is 0.320 e. The summed E-state index contributed by atoms with van der Waals surface area (Å²) in [5, 5.41) is 18.2. The SMILES string of the molecule is Cc1cc(CC(N)C(=O)O)cc(I)c1O. The van der Waals surface area contributed by atoms with Crippen LogP contribution < -0.4 is 5.73 Å². The van der Waals surface area contributed by atoms with Crippen LogP contribution in [0.25, 0.3) is 0 Å². The van der Waals surface area contributed by atoms with Crippen molar-refractivity contribution in [3.63, 3.8) is 0 Å². The van der Waals surface area contributed by atoms with Crippen molar-refractivity contribution in [1.29, 1.82) is 0 Å². The first-order valence-electron chi connectivity index (χ1n) is 4.38. The number of carboxylic acid groups (broad SMARTS) is 1. The van der Waals surface area contributed by atoms with Gasteiger partial charge in [0.2, 0.25) is 0 Å². The topological polar surface area (TPSA) is 83.6 Å². The molecule has 1 unspecified atom stereocenters. The molecule has 4 nitrogen and oxygen atoms in total. The van der Waals surface area contributed by atoms with Gasteiger partial charge in [0.1, 0.15) is 11.8 Å². The minimum atomic E-state index is -1.02. The first-order valence-corrected chi connectivity index (χ1v) is 5.46. The number of carbonyl (C=O) groups is 1. The second kappa shape index (κ2) is 4.80. The third kappa shape index (κ3) is 3.07. The summed E-state index contributed by atoms with van der Waals surface area (Å²) in [6.07, 6.45) is 0.270. The molecule has 1 rings (SSSR count). The van der Waals surface area contributed by atoms with E-state index in [0.29, 0.717) is 3.57 Å². The first kappa shape index (κ1) is 12.3. The average molecular weight is 321 g/mol. The fourth-order valence-corrected chi connectivity index (χ4v) is 2.09. The number of hydrogen-bond acceptors (Lipinski definition) is 3. The van der Waals surface area contributed by atoms with E-state index >= 15 is 0 Å². The van der Waals surface area contributed by atoms with Crippen molar-refractivity contribution in [3.8, 4) is 5.75 Å². The van der Waals surface area contributed by atoms with Crippen LogP contribution in [0.2, 0.25) is 0 Å². The minimum absolute atomic E-state index is 0.239. The zero-order valence-corrected chi connectivity index (χ0v) is 10.4. The van der Waals surface area contributed by atoms with E-state index in [-0.39, 0.29) is 12.2 Å². The van der Waals surface area contributed by atoms with Gasteiger partial charge < -0.3 is 15.9 Å². The number of hydrogen-bond donors (Lipinski definition) is 3. The molecule has 4 N–H and O–H groups in total. The van der Waals surface area contributed by atoms with Crippen LogP contribution in [0.3, 0.4) is 0 Å². The monoisotopic (exact) mass is 321 g/mol. The number of aryl methyl sites for hydroxylation is 1. The van der Waals surface area contributed by atoms with Crippen LogP contribution in [-0.4, -0.2) is 22.2 Å². The lowest BCUT2D eigenvalue weighted by Crippen LogP contribution is -2.32. The van der Waals surface area contributed by atoms with Crippen molar-refractivity contribution >= 4 is 28.6 Å². The molecule has 1 atom stereocenters. The fourth-order valence-electron chi connectivity index (χ4n) is 1.27. The minimum Gasteiger partial charge on any atom is -0.507 e. The molecule has 15 heavy (non-hydrogen) atoms. The lowest BCUT2D eigenvalue weighted by molar-refractivity contribution is -0.138. The van der Waals surface area contributed by atoms with Crippen LogP contribution >= 0.6 is 22.6 Å². The van der Waals surface area contributed by atoms with E-state index < -0.39 is 12.0 Å². The number of carboxylic acids is 1. The number of phenolic OH excluding ortho intramolecular Hbond substituents is 1. The van der Waals surface area contributed by atoms with Crippen molar-refractivity contribution in [3.05, 3.63) is 26.8 Å². The fraction of sp³-hybridized carbons (Fsp3) is 0.300. The molecule has 1 aromatic carbocycles. The van der Waals surface area contributed by atoms with Crippen molar-refractivity contribution in [2.75, 3.05) is 0 Å². The van der Waals surface area contributed by atoms with Crippen LogP contribution in [-0.2, 0) is 11.2 Å². The van der Waals surface area contributed by atoms with Crippen molar-refractivity contribution in [2.45, 2.75) is 19.4 Å². The maximum atomic E-state index is 10.6. The lowest BCUT2D eigenvalue weighted by atomic mass is 10.0. The number of aromatic hydroxyl groups is 1. The molecule has 0 heterocycles. The van der Waals surface area contributed by atoms with Gasteiger partial charge in [0.25, 0.3) is 0 Å². The molecule has 5 heteroatoms. The largest absolute Gasteiger partial charge is 0.507 e. The number of nitrogens with two attached hydrogens (primary N) is 1. The summed E-state index contributed by atoms with van der Waals surface area (Å²) in [5.41, 5.74) is 6.98. The highest BCUT2D eigenvalue weighted by Gasteiger charge is 2.13. The van der Waals surface area contributed by atoms with Crippen LogP contribution in [0.4, 0.5) is 0 Å². The highest BCUT2D eigenvalue weighted by Crippen LogP contribution is 2.25. The summed E-state index contributed by atoms with van der Waals surface area (Å²) in [7, 11) is 0. The summed E-state index contributed by atoms with van der Waals surface area (Å²) >= 11 is 2.00. The maximum Gasteiger partial charge on any atom is 0.320 e. The van der Waals surface area contributed by atoms with Crippen LogP contribution in [0, 0.1) is 10.5 Å². The van der Waals surface area contributed by atoms with Crippen molar-refractivity contribution in [2.24, 2.45) is 5.73 Å². The van der Waals surface area contributed by atoms with E-state index in [4.69, 9.17) is 10.8 Å². The molecule has 1 aromatic rings. The third-order valence-corrected chi connectivity index (χ3v) is 2.91. The molecule has 0 saturated heterocycles. The molecule has 0 saturated carbocycles. The van der Waals surface area contributed by atoms with Crippen LogP contribution in [0.15, 0.2) is 12.1 Å². The summed E-state index contributed by atoms with van der Waals surface area (Å²) in [6.45, 7) is 1.77. The Morgan fingerprint density at radius 2 is 2.20 bits per heavy atom. The van der Waals surface area contributed by atoms with Gasteiger partial charge in [-0.3, -0.25) is 4.79 Å². The summed E-state index contributed by atoms with van der Waals surface area (Å²) in [4.78, 5) is 10.6. The van der Waals surface area contributed by atoms with Gasteiger partial charge in [-0.1, -0.05) is 6.07 Å². The van der Waals surface area contributed by atoms with E-state index in [1.165, 1.54) is 0 Å². The Balaban J connectivity index is 2.92. The van der Waals surface area contributed by atoms with E-state index in [9.17, 15) is 9.90 Å². The highest BCUT2D eigenvalue weighted by molar-refractivity contribution is 14.1. The van der Waals surface area contributed by atoms with Crippen molar-refractivity contribution < 1.29 is 15.0 Å². The quantitative estimate of drug-likeness (QED) is 0.732. The Kier molecular flexibility index (Phi) is 3.92. The van der Waals surface area contributed by atoms with Crippen LogP contribution in [0.5, 0.6) is 5.75 Å². The van der Waals surface area contributed by atoms with Gasteiger partial charge in [-0.15, -0.1) is 0 Å². The Hall–Kier alpha value is -0.820. The van der Waals surface area contributed by atoms with Crippen LogP contribution in [0.1, 0.15) is 11.1 Å². The molecule has 0 aliphatic heterocycles. The lowest BCUT2D eigenvalue weighted by Gasteiger charge is -2.09. The molecular formula is C10H12INO3. The Morgan fingerprint density at radius 1 is 1.60 bits per heavy atom. The average Bonchev–Trinajstić information content (AvgIpc) is 2.13. The molecule has 0 aliphatic carbocycles. The molecule has 0 aliphatic rings. The molecule has 0 bridgehead atoms. The van der Waals surface area contributed by atoms with Gasteiger partial charge in [0.15, 0.2) is 0 Å². The van der Waals surface area contributed by atoms with E-state index in [0.717, 1.165) is 11.1 Å². The molecular weight excluding hydrogens is 309 g/mol. The predicted molar refractivity (Wildman–Crippen MR) is 64.9 cm³/mol. The standard InChI is InChI=1S/C10H12INO3/c1-5-2-6(3-7(11)9(5)13)4-8(12)10(14)15/h2-3,8,13H,4,12H2,1H3,(H,14,15). The zero-order valence-electron chi connectivity index (χ0n) is 8.20. The summed E-state index contributed by atoms with van der Waals surface area (Å²) < 4.78 is 0.709. The van der Waals surface area contributed by atoms with E-state index in [1.54, 1.807) is 19.1 Å². The Labute approximate surface area is 101 Å². The van der Waals surface area contributed by atoms with Gasteiger partial charge in [0, 0.05) is 0 Å². The molecule has 82 valence electrons. The highest BCUT2D eigenvalue weighted by atomic mass is 127. The second-order valence-electron chi connectivity index (χ2n) is 3.39. The molecule has 0 spiro atoms.